The van der Waals surface area contributed by atoms with Gasteiger partial charge in [0.05, 0.1) is 5.56 Å². The van der Waals surface area contributed by atoms with Gasteiger partial charge in [-0.3, -0.25) is 0 Å². The van der Waals surface area contributed by atoms with E-state index >= 15 is 0 Å². The number of aryl methyl sites for hydroxylation is 2. The lowest BCUT2D eigenvalue weighted by atomic mass is 10.3. The van der Waals surface area contributed by atoms with Gasteiger partial charge in [0.1, 0.15) is 17.7 Å². The van der Waals surface area contributed by atoms with Gasteiger partial charge in [-0.2, -0.15) is 9.94 Å². The normalized spacial score (nSPS) is 9.93. The highest BCUT2D eigenvalue weighted by molar-refractivity contribution is 5.42. The molecule has 0 amide bonds. The molecule has 5 heteroatoms. The average Bonchev–Trinajstić information content (AvgIpc) is 2.57. The van der Waals surface area contributed by atoms with Gasteiger partial charge in [0.2, 0.25) is 0 Å². The average molecular weight is 199 g/mol. The highest BCUT2D eigenvalue weighted by atomic mass is 15.4. The maximum atomic E-state index is 8.93. The van der Waals surface area contributed by atoms with E-state index in [0.717, 1.165) is 5.82 Å². The summed E-state index contributed by atoms with van der Waals surface area (Å²) in [6.45, 7) is 3.63. The van der Waals surface area contributed by atoms with Crippen LogP contribution in [0, 0.1) is 25.2 Å². The first-order valence-electron chi connectivity index (χ1n) is 4.48. The van der Waals surface area contributed by atoms with Gasteiger partial charge in [-0.05, 0) is 26.0 Å². The van der Waals surface area contributed by atoms with Gasteiger partial charge in [-0.25, -0.2) is 9.97 Å². The summed E-state index contributed by atoms with van der Waals surface area (Å²) < 4.78 is 1.58. The van der Waals surface area contributed by atoms with Crippen molar-refractivity contribution in [1.29, 1.82) is 5.26 Å². The number of pyridine rings is 1. The molecule has 0 bridgehead atoms. The fraction of sp³-hybridized carbons (Fsp3) is 0.200. The van der Waals surface area contributed by atoms with Crippen LogP contribution in [0.15, 0.2) is 18.3 Å². The zero-order valence-electron chi connectivity index (χ0n) is 8.47. The van der Waals surface area contributed by atoms with Gasteiger partial charge < -0.3 is 0 Å². The van der Waals surface area contributed by atoms with Gasteiger partial charge in [-0.1, -0.05) is 0 Å². The van der Waals surface area contributed by atoms with Crippen LogP contribution in [0.4, 0.5) is 0 Å². The molecule has 2 heterocycles. The lowest BCUT2D eigenvalue weighted by Crippen LogP contribution is -2.04. The zero-order valence-corrected chi connectivity index (χ0v) is 8.47. The topological polar surface area (TPSA) is 67.4 Å². The second kappa shape index (κ2) is 3.50. The first-order chi connectivity index (χ1) is 7.22. The van der Waals surface area contributed by atoms with E-state index in [1.165, 1.54) is 0 Å². The Morgan fingerprint density at radius 1 is 1.40 bits per heavy atom. The van der Waals surface area contributed by atoms with Crippen LogP contribution < -0.4 is 0 Å². The molecule has 0 saturated heterocycles. The summed E-state index contributed by atoms with van der Waals surface area (Å²) in [5.41, 5.74) is 0.491. The number of nitrogens with zero attached hydrogens (tertiary/aromatic N) is 5. The zero-order chi connectivity index (χ0) is 10.8. The fourth-order valence-electron chi connectivity index (χ4n) is 1.37. The van der Waals surface area contributed by atoms with E-state index in [-0.39, 0.29) is 0 Å². The molecule has 2 aromatic heterocycles. The molecule has 15 heavy (non-hydrogen) atoms. The van der Waals surface area contributed by atoms with E-state index in [1.54, 1.807) is 29.9 Å². The summed E-state index contributed by atoms with van der Waals surface area (Å²) in [7, 11) is 0. The van der Waals surface area contributed by atoms with Crippen molar-refractivity contribution in [1.82, 2.24) is 19.7 Å². The van der Waals surface area contributed by atoms with Gasteiger partial charge >= 0.3 is 0 Å². The highest BCUT2D eigenvalue weighted by Crippen LogP contribution is 2.10. The molecule has 0 fully saturated rings. The number of aromatic nitrogens is 4. The molecule has 0 aromatic carbocycles. The Hall–Kier alpha value is -2.22. The molecule has 0 spiro atoms. The van der Waals surface area contributed by atoms with Crippen molar-refractivity contribution in [2.45, 2.75) is 13.8 Å². The van der Waals surface area contributed by atoms with Crippen LogP contribution in [0.25, 0.3) is 5.82 Å². The quantitative estimate of drug-likeness (QED) is 0.691. The number of hydrogen-bond donors (Lipinski definition) is 0. The van der Waals surface area contributed by atoms with Crippen LogP contribution in [-0.2, 0) is 0 Å². The van der Waals surface area contributed by atoms with Crippen molar-refractivity contribution >= 4 is 0 Å². The lowest BCUT2D eigenvalue weighted by molar-refractivity contribution is 0.801. The molecule has 0 aliphatic carbocycles. The Morgan fingerprint density at radius 2 is 2.20 bits per heavy atom. The van der Waals surface area contributed by atoms with E-state index in [1.807, 2.05) is 6.92 Å². The molecular weight excluding hydrogens is 190 g/mol. The Morgan fingerprint density at radius 3 is 2.80 bits per heavy atom. The minimum atomic E-state index is 0.491. The summed E-state index contributed by atoms with van der Waals surface area (Å²) in [4.78, 5) is 8.30. The minimum absolute atomic E-state index is 0.491. The third-order valence-electron chi connectivity index (χ3n) is 1.98. The van der Waals surface area contributed by atoms with Crippen molar-refractivity contribution in [2.24, 2.45) is 0 Å². The molecule has 0 N–H and O–H groups in total. The molecule has 0 aliphatic heterocycles. The summed E-state index contributed by atoms with van der Waals surface area (Å²) in [5, 5.41) is 13.1. The molecular formula is C10H9N5. The monoisotopic (exact) mass is 199 g/mol. The standard InChI is InChI=1S/C10H9N5/c1-7-13-8(2)15(14-7)10-9(6-11)4-3-5-12-10/h3-5H,1-2H3. The van der Waals surface area contributed by atoms with E-state index in [2.05, 4.69) is 21.1 Å². The Balaban J connectivity index is 2.64. The van der Waals surface area contributed by atoms with Crippen molar-refractivity contribution in [3.05, 3.63) is 35.5 Å². The summed E-state index contributed by atoms with van der Waals surface area (Å²) in [6, 6.07) is 5.51. The van der Waals surface area contributed by atoms with Crippen molar-refractivity contribution in [3.63, 3.8) is 0 Å². The van der Waals surface area contributed by atoms with Crippen LogP contribution in [0.2, 0.25) is 0 Å². The third-order valence-corrected chi connectivity index (χ3v) is 1.98. The van der Waals surface area contributed by atoms with Crippen LogP contribution in [0.1, 0.15) is 17.2 Å². The van der Waals surface area contributed by atoms with Crippen LogP contribution in [0.5, 0.6) is 0 Å². The highest BCUT2D eigenvalue weighted by Gasteiger charge is 2.10. The van der Waals surface area contributed by atoms with Crippen molar-refractivity contribution in [3.8, 4) is 11.9 Å². The Labute approximate surface area is 87.0 Å². The third kappa shape index (κ3) is 1.57. The van der Waals surface area contributed by atoms with E-state index < -0.39 is 0 Å². The van der Waals surface area contributed by atoms with Crippen molar-refractivity contribution in [2.75, 3.05) is 0 Å². The van der Waals surface area contributed by atoms with Crippen LogP contribution in [-0.4, -0.2) is 19.7 Å². The molecule has 0 unspecified atom stereocenters. The number of rotatable bonds is 1. The molecule has 0 atom stereocenters. The SMILES string of the molecule is Cc1nc(C)n(-c2ncccc2C#N)n1. The lowest BCUT2D eigenvalue weighted by Gasteiger charge is -2.02. The molecule has 74 valence electrons. The van der Waals surface area contributed by atoms with Gasteiger partial charge in [-0.15, -0.1) is 5.10 Å². The summed E-state index contributed by atoms with van der Waals surface area (Å²) in [6.07, 6.45) is 1.63. The predicted octanol–water partition coefficient (Wildman–Crippen LogP) is 1.15. The second-order valence-corrected chi connectivity index (χ2v) is 3.10. The fourth-order valence-corrected chi connectivity index (χ4v) is 1.37. The first-order valence-corrected chi connectivity index (χ1v) is 4.48. The van der Waals surface area contributed by atoms with Gasteiger partial charge in [0, 0.05) is 6.20 Å². The van der Waals surface area contributed by atoms with E-state index in [4.69, 9.17) is 5.26 Å². The first kappa shape index (κ1) is 9.34. The maximum Gasteiger partial charge on any atom is 0.173 e. The van der Waals surface area contributed by atoms with E-state index in [0.29, 0.717) is 17.2 Å². The molecule has 0 radical (unpaired) electrons. The molecule has 5 nitrogen and oxygen atoms in total. The minimum Gasteiger partial charge on any atom is -0.236 e. The van der Waals surface area contributed by atoms with Gasteiger partial charge in [0.15, 0.2) is 5.82 Å². The summed E-state index contributed by atoms with van der Waals surface area (Å²) >= 11 is 0. The molecule has 0 saturated carbocycles. The largest absolute Gasteiger partial charge is 0.236 e. The second-order valence-electron chi connectivity index (χ2n) is 3.10. The van der Waals surface area contributed by atoms with Crippen molar-refractivity contribution < 1.29 is 0 Å². The van der Waals surface area contributed by atoms with Gasteiger partial charge in [0.25, 0.3) is 0 Å². The van der Waals surface area contributed by atoms with Crippen LogP contribution in [0.3, 0.4) is 0 Å². The Bertz CT molecular complexity index is 535. The molecule has 0 aliphatic rings. The number of hydrogen-bond acceptors (Lipinski definition) is 4. The predicted molar refractivity (Wildman–Crippen MR) is 53.3 cm³/mol. The smallest absolute Gasteiger partial charge is 0.173 e. The maximum absolute atomic E-state index is 8.93. The molecule has 2 rings (SSSR count). The van der Waals surface area contributed by atoms with Crippen LogP contribution >= 0.6 is 0 Å². The van der Waals surface area contributed by atoms with E-state index in [9.17, 15) is 0 Å². The number of nitriles is 1. The summed E-state index contributed by atoms with van der Waals surface area (Å²) in [5.74, 6) is 1.92. The Kier molecular flexibility index (Phi) is 2.18. The molecule has 2 aromatic rings.